The van der Waals surface area contributed by atoms with E-state index in [1.54, 1.807) is 16.8 Å². The summed E-state index contributed by atoms with van der Waals surface area (Å²) in [4.78, 5) is 12.6. The van der Waals surface area contributed by atoms with Crippen molar-refractivity contribution in [1.29, 1.82) is 0 Å². The highest BCUT2D eigenvalue weighted by Gasteiger charge is 2.16. The molecule has 0 saturated heterocycles. The second kappa shape index (κ2) is 6.68. The standard InChI is InChI=1S/C19H19N3O3/c1-12-10-13(2)22(21-12)17-7-5-4-6-16(17)20-19(24)15-11-14(25-3)8-9-18(15)23/h4-11,23H,1-3H3,(H,20,24). The Morgan fingerprint density at radius 1 is 1.16 bits per heavy atom. The molecule has 0 radical (unpaired) electrons. The molecule has 0 fully saturated rings. The van der Waals surface area contributed by atoms with Gasteiger partial charge >= 0.3 is 0 Å². The number of hydrogen-bond acceptors (Lipinski definition) is 4. The number of nitrogens with one attached hydrogen (secondary N) is 1. The van der Waals surface area contributed by atoms with Crippen molar-refractivity contribution in [2.24, 2.45) is 0 Å². The van der Waals surface area contributed by atoms with Crippen molar-refractivity contribution < 1.29 is 14.6 Å². The number of aromatic hydroxyl groups is 1. The van der Waals surface area contributed by atoms with Gasteiger partial charge in [0.15, 0.2) is 0 Å². The van der Waals surface area contributed by atoms with Crippen molar-refractivity contribution in [3.63, 3.8) is 0 Å². The Balaban J connectivity index is 1.97. The number of para-hydroxylation sites is 2. The number of carbonyl (C=O) groups is 1. The average Bonchev–Trinajstić information content (AvgIpc) is 2.94. The summed E-state index contributed by atoms with van der Waals surface area (Å²) >= 11 is 0. The molecule has 3 rings (SSSR count). The van der Waals surface area contributed by atoms with Crippen molar-refractivity contribution in [2.75, 3.05) is 12.4 Å². The number of amides is 1. The third-order valence-corrected chi connectivity index (χ3v) is 3.84. The molecule has 2 aromatic carbocycles. The number of benzene rings is 2. The molecule has 1 aromatic heterocycles. The number of aromatic nitrogens is 2. The van der Waals surface area contributed by atoms with E-state index in [2.05, 4.69) is 10.4 Å². The Morgan fingerprint density at radius 3 is 2.60 bits per heavy atom. The van der Waals surface area contributed by atoms with Crippen LogP contribution in [-0.4, -0.2) is 27.9 Å². The van der Waals surface area contributed by atoms with Crippen LogP contribution in [0, 0.1) is 13.8 Å². The molecule has 0 spiro atoms. The van der Waals surface area contributed by atoms with Gasteiger partial charge in [0.2, 0.25) is 0 Å². The third-order valence-electron chi connectivity index (χ3n) is 3.84. The number of rotatable bonds is 4. The van der Waals surface area contributed by atoms with Crippen molar-refractivity contribution in [2.45, 2.75) is 13.8 Å². The largest absolute Gasteiger partial charge is 0.507 e. The van der Waals surface area contributed by atoms with Gasteiger partial charge in [-0.1, -0.05) is 12.1 Å². The van der Waals surface area contributed by atoms with E-state index in [1.165, 1.54) is 19.2 Å². The highest BCUT2D eigenvalue weighted by atomic mass is 16.5. The Morgan fingerprint density at radius 2 is 1.92 bits per heavy atom. The van der Waals surface area contributed by atoms with Crippen LogP contribution in [-0.2, 0) is 0 Å². The molecular formula is C19H19N3O3. The maximum atomic E-state index is 12.6. The van der Waals surface area contributed by atoms with Gasteiger partial charge in [-0.3, -0.25) is 4.79 Å². The summed E-state index contributed by atoms with van der Waals surface area (Å²) in [5.41, 5.74) is 3.35. The second-order valence-corrected chi connectivity index (χ2v) is 5.69. The van der Waals surface area contributed by atoms with Crippen LogP contribution in [0.2, 0.25) is 0 Å². The molecule has 0 atom stereocenters. The Kier molecular flexibility index (Phi) is 4.43. The fourth-order valence-corrected chi connectivity index (χ4v) is 2.65. The fraction of sp³-hybridized carbons (Fsp3) is 0.158. The molecule has 2 N–H and O–H groups in total. The van der Waals surface area contributed by atoms with Gasteiger partial charge in [0.05, 0.1) is 29.7 Å². The van der Waals surface area contributed by atoms with E-state index in [0.29, 0.717) is 11.4 Å². The lowest BCUT2D eigenvalue weighted by atomic mass is 10.1. The van der Waals surface area contributed by atoms with Gasteiger partial charge in [0.25, 0.3) is 5.91 Å². The number of aryl methyl sites for hydroxylation is 2. The van der Waals surface area contributed by atoms with E-state index in [0.717, 1.165) is 17.1 Å². The van der Waals surface area contributed by atoms with E-state index in [-0.39, 0.29) is 11.3 Å². The quantitative estimate of drug-likeness (QED) is 0.764. The number of methoxy groups -OCH3 is 1. The zero-order valence-electron chi connectivity index (χ0n) is 14.3. The summed E-state index contributed by atoms with van der Waals surface area (Å²) in [6, 6.07) is 13.9. The predicted octanol–water partition coefficient (Wildman–Crippen LogP) is 3.46. The summed E-state index contributed by atoms with van der Waals surface area (Å²) in [5, 5.41) is 17.3. The minimum atomic E-state index is -0.426. The maximum Gasteiger partial charge on any atom is 0.259 e. The van der Waals surface area contributed by atoms with E-state index >= 15 is 0 Å². The fourth-order valence-electron chi connectivity index (χ4n) is 2.65. The van der Waals surface area contributed by atoms with Crippen molar-refractivity contribution in [3.05, 3.63) is 65.5 Å². The van der Waals surface area contributed by atoms with Gasteiger partial charge in [-0.2, -0.15) is 5.10 Å². The van der Waals surface area contributed by atoms with Crippen LogP contribution >= 0.6 is 0 Å². The molecule has 0 aliphatic heterocycles. The molecule has 6 heteroatoms. The minimum Gasteiger partial charge on any atom is -0.507 e. The number of anilines is 1. The molecule has 0 unspecified atom stereocenters. The van der Waals surface area contributed by atoms with E-state index < -0.39 is 5.91 Å². The topological polar surface area (TPSA) is 76.4 Å². The summed E-state index contributed by atoms with van der Waals surface area (Å²) in [5.74, 6) is -0.0398. The lowest BCUT2D eigenvalue weighted by Crippen LogP contribution is -2.14. The molecule has 0 saturated carbocycles. The Bertz CT molecular complexity index is 931. The second-order valence-electron chi connectivity index (χ2n) is 5.69. The van der Waals surface area contributed by atoms with E-state index in [9.17, 15) is 9.90 Å². The number of phenolic OH excluding ortho intramolecular Hbond substituents is 1. The molecular weight excluding hydrogens is 318 g/mol. The number of nitrogens with zero attached hydrogens (tertiary/aromatic N) is 2. The molecule has 128 valence electrons. The third kappa shape index (κ3) is 3.33. The van der Waals surface area contributed by atoms with Gasteiger partial charge < -0.3 is 15.2 Å². The molecule has 0 aliphatic rings. The SMILES string of the molecule is COc1ccc(O)c(C(=O)Nc2ccccc2-n2nc(C)cc2C)c1. The van der Waals surface area contributed by atoms with Gasteiger partial charge in [0.1, 0.15) is 11.5 Å². The lowest BCUT2D eigenvalue weighted by Gasteiger charge is -2.13. The van der Waals surface area contributed by atoms with Crippen molar-refractivity contribution in [1.82, 2.24) is 9.78 Å². The molecule has 6 nitrogen and oxygen atoms in total. The molecule has 1 heterocycles. The first kappa shape index (κ1) is 16.6. The first-order valence-corrected chi connectivity index (χ1v) is 7.80. The normalized spacial score (nSPS) is 10.5. The van der Waals surface area contributed by atoms with Crippen LogP contribution in [0.4, 0.5) is 5.69 Å². The van der Waals surface area contributed by atoms with Crippen molar-refractivity contribution >= 4 is 11.6 Å². The number of hydrogen-bond donors (Lipinski definition) is 2. The first-order chi connectivity index (χ1) is 12.0. The van der Waals surface area contributed by atoms with Crippen LogP contribution in [0.25, 0.3) is 5.69 Å². The molecule has 25 heavy (non-hydrogen) atoms. The summed E-state index contributed by atoms with van der Waals surface area (Å²) in [6.45, 7) is 3.87. The molecule has 1 amide bonds. The van der Waals surface area contributed by atoms with E-state index in [4.69, 9.17) is 4.74 Å². The van der Waals surface area contributed by atoms with Gasteiger partial charge in [-0.25, -0.2) is 4.68 Å². The number of carbonyl (C=O) groups excluding carboxylic acids is 1. The Hall–Kier alpha value is -3.28. The monoisotopic (exact) mass is 337 g/mol. The average molecular weight is 337 g/mol. The maximum absolute atomic E-state index is 12.6. The highest BCUT2D eigenvalue weighted by Crippen LogP contribution is 2.26. The molecule has 3 aromatic rings. The van der Waals surface area contributed by atoms with Crippen LogP contribution in [0.5, 0.6) is 11.5 Å². The zero-order chi connectivity index (χ0) is 18.0. The summed E-state index contributed by atoms with van der Waals surface area (Å²) < 4.78 is 6.89. The minimum absolute atomic E-state index is 0.109. The number of phenols is 1. The molecule has 0 aliphatic carbocycles. The first-order valence-electron chi connectivity index (χ1n) is 7.80. The predicted molar refractivity (Wildman–Crippen MR) is 95.7 cm³/mol. The van der Waals surface area contributed by atoms with Crippen LogP contribution < -0.4 is 10.1 Å². The zero-order valence-corrected chi connectivity index (χ0v) is 14.3. The highest BCUT2D eigenvalue weighted by molar-refractivity contribution is 6.07. The van der Waals surface area contributed by atoms with Crippen LogP contribution in [0.3, 0.4) is 0 Å². The Labute approximate surface area is 145 Å². The smallest absolute Gasteiger partial charge is 0.259 e. The van der Waals surface area contributed by atoms with Crippen LogP contribution in [0.1, 0.15) is 21.7 Å². The van der Waals surface area contributed by atoms with Gasteiger partial charge in [-0.15, -0.1) is 0 Å². The van der Waals surface area contributed by atoms with Crippen LogP contribution in [0.15, 0.2) is 48.5 Å². The molecule has 0 bridgehead atoms. The summed E-state index contributed by atoms with van der Waals surface area (Å²) in [7, 11) is 1.51. The van der Waals surface area contributed by atoms with Gasteiger partial charge in [-0.05, 0) is 50.2 Å². The number of ether oxygens (including phenoxy) is 1. The van der Waals surface area contributed by atoms with E-state index in [1.807, 2.05) is 38.1 Å². The summed E-state index contributed by atoms with van der Waals surface area (Å²) in [6.07, 6.45) is 0. The van der Waals surface area contributed by atoms with Crippen molar-refractivity contribution in [3.8, 4) is 17.2 Å². The lowest BCUT2D eigenvalue weighted by molar-refractivity contribution is 0.102. The van der Waals surface area contributed by atoms with Gasteiger partial charge in [0, 0.05) is 5.69 Å².